The van der Waals surface area contributed by atoms with Crippen LogP contribution in [-0.2, 0) is 11.3 Å². The Kier molecular flexibility index (Phi) is 6.86. The first kappa shape index (κ1) is 22.1. The molecular formula is C22H16FN3O6. The van der Waals surface area contributed by atoms with Crippen LogP contribution in [0, 0.1) is 26.0 Å². The number of hydrogen-bond donors (Lipinski definition) is 1. The quantitative estimate of drug-likeness (QED) is 0.308. The van der Waals surface area contributed by atoms with E-state index >= 15 is 0 Å². The molecule has 3 rings (SSSR count). The summed E-state index contributed by atoms with van der Waals surface area (Å²) in [5, 5.41) is 24.7. The van der Waals surface area contributed by atoms with Gasteiger partial charge in [0.2, 0.25) is 5.91 Å². The number of carbonyl (C=O) groups excluding carboxylic acids is 1. The van der Waals surface area contributed by atoms with Gasteiger partial charge in [0.1, 0.15) is 17.3 Å². The van der Waals surface area contributed by atoms with Gasteiger partial charge in [-0.3, -0.25) is 25.0 Å². The van der Waals surface area contributed by atoms with E-state index in [-0.39, 0.29) is 29.8 Å². The van der Waals surface area contributed by atoms with Crippen molar-refractivity contribution < 1.29 is 23.8 Å². The van der Waals surface area contributed by atoms with Crippen molar-refractivity contribution in [2.24, 2.45) is 0 Å². The molecule has 162 valence electrons. The molecule has 0 aliphatic heterocycles. The van der Waals surface area contributed by atoms with Gasteiger partial charge in [-0.05, 0) is 41.5 Å². The molecule has 0 aromatic heterocycles. The maximum atomic E-state index is 12.9. The predicted molar refractivity (Wildman–Crippen MR) is 114 cm³/mol. The normalized spacial score (nSPS) is 10.7. The highest BCUT2D eigenvalue weighted by atomic mass is 19.1. The summed E-state index contributed by atoms with van der Waals surface area (Å²) in [6.07, 6.45) is 2.84. The Morgan fingerprint density at radius 1 is 0.938 bits per heavy atom. The zero-order valence-electron chi connectivity index (χ0n) is 16.4. The molecule has 0 bridgehead atoms. The molecule has 0 spiro atoms. The number of carbonyl (C=O) groups is 1. The molecule has 0 saturated carbocycles. The lowest BCUT2D eigenvalue weighted by atomic mass is 10.2. The molecule has 1 N–H and O–H groups in total. The molecule has 3 aromatic rings. The molecular weight excluding hydrogens is 421 g/mol. The molecule has 0 aliphatic carbocycles. The molecule has 0 atom stereocenters. The van der Waals surface area contributed by atoms with E-state index in [0.717, 1.165) is 23.8 Å². The Morgan fingerprint density at radius 2 is 1.59 bits per heavy atom. The van der Waals surface area contributed by atoms with E-state index in [1.165, 1.54) is 24.3 Å². The smallest absolute Gasteiger partial charge is 0.280 e. The highest BCUT2D eigenvalue weighted by Gasteiger charge is 2.17. The number of rotatable bonds is 8. The number of non-ortho nitro benzene ring substituents is 2. The Balaban J connectivity index is 1.67. The Labute approximate surface area is 181 Å². The predicted octanol–water partition coefficient (Wildman–Crippen LogP) is 4.76. The van der Waals surface area contributed by atoms with Crippen LogP contribution in [0.3, 0.4) is 0 Å². The Morgan fingerprint density at radius 3 is 2.22 bits per heavy atom. The lowest BCUT2D eigenvalue weighted by Crippen LogP contribution is -2.20. The summed E-state index contributed by atoms with van der Waals surface area (Å²) in [6, 6.07) is 15.2. The molecule has 32 heavy (non-hydrogen) atoms. The molecule has 0 unspecified atom stereocenters. The number of ether oxygens (including phenoxy) is 1. The third-order valence-corrected chi connectivity index (χ3v) is 4.20. The summed E-state index contributed by atoms with van der Waals surface area (Å²) in [6.45, 7) is 0.234. The first-order chi connectivity index (χ1) is 15.3. The molecule has 0 fully saturated rings. The van der Waals surface area contributed by atoms with Crippen molar-refractivity contribution in [3.63, 3.8) is 0 Å². The maximum Gasteiger partial charge on any atom is 0.280 e. The molecule has 9 nitrogen and oxygen atoms in total. The SMILES string of the molecule is O=C(/C=C/c1cccc(Oc2cc([N+](=O)[O-])cc([N+](=O)[O-])c2)c1)NCc1ccc(F)cc1. The molecule has 3 aromatic carbocycles. The lowest BCUT2D eigenvalue weighted by molar-refractivity contribution is -0.394. The van der Waals surface area contributed by atoms with E-state index in [0.29, 0.717) is 5.56 Å². The fourth-order valence-electron chi connectivity index (χ4n) is 2.68. The third kappa shape index (κ3) is 6.20. The van der Waals surface area contributed by atoms with E-state index in [1.54, 1.807) is 36.4 Å². The van der Waals surface area contributed by atoms with Gasteiger partial charge in [-0.15, -0.1) is 0 Å². The van der Waals surface area contributed by atoms with E-state index in [2.05, 4.69) is 5.32 Å². The van der Waals surface area contributed by atoms with Gasteiger partial charge in [0.05, 0.1) is 28.0 Å². The van der Waals surface area contributed by atoms with Crippen LogP contribution in [0.25, 0.3) is 6.08 Å². The van der Waals surface area contributed by atoms with E-state index < -0.39 is 21.2 Å². The van der Waals surface area contributed by atoms with Crippen molar-refractivity contribution in [3.8, 4) is 11.5 Å². The number of halogens is 1. The number of nitro benzene ring substituents is 2. The fourth-order valence-corrected chi connectivity index (χ4v) is 2.68. The second-order valence-corrected chi connectivity index (χ2v) is 6.55. The van der Waals surface area contributed by atoms with Crippen LogP contribution in [0.15, 0.2) is 72.8 Å². The van der Waals surface area contributed by atoms with E-state index in [4.69, 9.17) is 4.74 Å². The maximum absolute atomic E-state index is 12.9. The third-order valence-electron chi connectivity index (χ3n) is 4.20. The van der Waals surface area contributed by atoms with E-state index in [9.17, 15) is 29.4 Å². The minimum atomic E-state index is -0.746. The van der Waals surface area contributed by atoms with Crippen LogP contribution in [0.5, 0.6) is 11.5 Å². The molecule has 0 saturated heterocycles. The molecule has 1 amide bonds. The fraction of sp³-hybridized carbons (Fsp3) is 0.0455. The van der Waals surface area contributed by atoms with Crippen molar-refractivity contribution >= 4 is 23.4 Å². The van der Waals surface area contributed by atoms with Crippen LogP contribution in [0.4, 0.5) is 15.8 Å². The average molecular weight is 437 g/mol. The topological polar surface area (TPSA) is 125 Å². The molecule has 0 radical (unpaired) electrons. The summed E-state index contributed by atoms with van der Waals surface area (Å²) >= 11 is 0. The lowest BCUT2D eigenvalue weighted by Gasteiger charge is -2.07. The van der Waals surface area contributed by atoms with Crippen LogP contribution >= 0.6 is 0 Å². The summed E-state index contributed by atoms with van der Waals surface area (Å²) in [5.74, 6) is -0.519. The monoisotopic (exact) mass is 437 g/mol. The average Bonchev–Trinajstić information content (AvgIpc) is 2.77. The van der Waals surface area contributed by atoms with Crippen LogP contribution < -0.4 is 10.1 Å². The summed E-state index contributed by atoms with van der Waals surface area (Å²) in [4.78, 5) is 32.5. The van der Waals surface area contributed by atoms with Gasteiger partial charge in [0, 0.05) is 12.6 Å². The van der Waals surface area contributed by atoms with Crippen molar-refractivity contribution in [2.75, 3.05) is 0 Å². The summed E-state index contributed by atoms with van der Waals surface area (Å²) < 4.78 is 18.5. The zero-order valence-corrected chi connectivity index (χ0v) is 16.4. The van der Waals surface area contributed by atoms with E-state index in [1.807, 2.05) is 0 Å². The first-order valence-electron chi connectivity index (χ1n) is 9.22. The molecule has 0 aliphatic rings. The van der Waals surface area contributed by atoms with Crippen LogP contribution in [0.1, 0.15) is 11.1 Å². The van der Waals surface area contributed by atoms with Gasteiger partial charge in [0.15, 0.2) is 0 Å². The van der Waals surface area contributed by atoms with Gasteiger partial charge in [-0.2, -0.15) is 0 Å². The highest BCUT2D eigenvalue weighted by Crippen LogP contribution is 2.31. The van der Waals surface area contributed by atoms with Crippen LogP contribution in [-0.4, -0.2) is 15.8 Å². The molecule has 10 heteroatoms. The van der Waals surface area contributed by atoms with Crippen molar-refractivity contribution in [2.45, 2.75) is 6.54 Å². The minimum Gasteiger partial charge on any atom is -0.457 e. The standard InChI is InChI=1S/C22H16FN3O6/c23-17-7-4-16(5-8-17)14-24-22(27)9-6-15-2-1-3-20(10-15)32-21-12-18(25(28)29)11-19(13-21)26(30)31/h1-13H,14H2,(H,24,27)/b9-6+. The summed E-state index contributed by atoms with van der Waals surface area (Å²) in [5.41, 5.74) is 0.403. The molecule has 0 heterocycles. The van der Waals surface area contributed by atoms with Gasteiger partial charge in [-0.25, -0.2) is 4.39 Å². The number of amides is 1. The zero-order chi connectivity index (χ0) is 23.1. The van der Waals surface area contributed by atoms with Crippen molar-refractivity contribution in [3.05, 3.63) is 110 Å². The number of hydrogen-bond acceptors (Lipinski definition) is 6. The number of nitrogens with zero attached hydrogens (tertiary/aromatic N) is 2. The highest BCUT2D eigenvalue weighted by molar-refractivity contribution is 5.91. The second kappa shape index (κ2) is 9.94. The number of nitrogens with one attached hydrogen (secondary N) is 1. The number of nitro groups is 2. The van der Waals surface area contributed by atoms with Gasteiger partial charge in [-0.1, -0.05) is 24.3 Å². The largest absolute Gasteiger partial charge is 0.457 e. The van der Waals surface area contributed by atoms with Gasteiger partial charge in [0.25, 0.3) is 11.4 Å². The first-order valence-corrected chi connectivity index (χ1v) is 9.22. The van der Waals surface area contributed by atoms with Crippen molar-refractivity contribution in [1.29, 1.82) is 0 Å². The van der Waals surface area contributed by atoms with Crippen LogP contribution in [0.2, 0.25) is 0 Å². The Hall–Kier alpha value is -4.60. The second-order valence-electron chi connectivity index (χ2n) is 6.55. The summed E-state index contributed by atoms with van der Waals surface area (Å²) in [7, 11) is 0. The number of benzene rings is 3. The van der Waals surface area contributed by atoms with Gasteiger partial charge < -0.3 is 10.1 Å². The van der Waals surface area contributed by atoms with Gasteiger partial charge >= 0.3 is 0 Å². The Bertz CT molecular complexity index is 1160. The van der Waals surface area contributed by atoms with Crippen molar-refractivity contribution in [1.82, 2.24) is 5.32 Å². The minimum absolute atomic E-state index is 0.0657.